The van der Waals surface area contributed by atoms with Crippen molar-refractivity contribution >= 4 is 0 Å². The second-order valence-corrected chi connectivity index (χ2v) is 4.79. The lowest BCUT2D eigenvalue weighted by Crippen LogP contribution is -2.33. The SMILES string of the molecule is C[C@@H](c1nc(Cc2cccnc2)no1)N(C)CC(F)(F)F. The van der Waals surface area contributed by atoms with Crippen LogP contribution < -0.4 is 0 Å². The summed E-state index contributed by atoms with van der Waals surface area (Å²) < 4.78 is 42.1. The van der Waals surface area contributed by atoms with Gasteiger partial charge in [-0.15, -0.1) is 0 Å². The Bertz CT molecular complexity index is 570. The highest BCUT2D eigenvalue weighted by Crippen LogP contribution is 2.23. The van der Waals surface area contributed by atoms with E-state index in [2.05, 4.69) is 15.1 Å². The maximum absolute atomic E-state index is 12.4. The topological polar surface area (TPSA) is 55.1 Å². The molecule has 0 saturated carbocycles. The number of pyridine rings is 1. The van der Waals surface area contributed by atoms with Crippen LogP contribution in [0, 0.1) is 0 Å². The molecule has 0 aliphatic rings. The molecule has 0 amide bonds. The average molecular weight is 300 g/mol. The largest absolute Gasteiger partial charge is 0.401 e. The standard InChI is InChI=1S/C13H15F3N4O/c1-9(20(2)8-13(14,15)16)12-18-11(19-21-12)6-10-4-3-5-17-7-10/h3-5,7,9H,6,8H2,1-2H3/t9-/m0/s1. The molecular formula is C13H15F3N4O. The molecule has 21 heavy (non-hydrogen) atoms. The molecule has 0 radical (unpaired) electrons. The van der Waals surface area contributed by atoms with Crippen molar-refractivity contribution < 1.29 is 17.7 Å². The smallest absolute Gasteiger partial charge is 0.338 e. The van der Waals surface area contributed by atoms with Gasteiger partial charge in [0.25, 0.3) is 0 Å². The molecule has 114 valence electrons. The molecule has 2 heterocycles. The summed E-state index contributed by atoms with van der Waals surface area (Å²) in [6, 6.07) is 3.04. The monoisotopic (exact) mass is 300 g/mol. The lowest BCUT2D eigenvalue weighted by Gasteiger charge is -2.22. The zero-order valence-corrected chi connectivity index (χ0v) is 11.6. The van der Waals surface area contributed by atoms with E-state index in [1.165, 1.54) is 7.05 Å². The number of nitrogens with zero attached hydrogens (tertiary/aromatic N) is 4. The second-order valence-electron chi connectivity index (χ2n) is 4.79. The minimum atomic E-state index is -4.26. The van der Waals surface area contributed by atoms with E-state index in [4.69, 9.17) is 4.52 Å². The summed E-state index contributed by atoms with van der Waals surface area (Å²) in [4.78, 5) is 9.23. The van der Waals surface area contributed by atoms with Crippen molar-refractivity contribution in [3.05, 3.63) is 41.8 Å². The number of halogens is 3. The molecule has 0 N–H and O–H groups in total. The van der Waals surface area contributed by atoms with Gasteiger partial charge >= 0.3 is 6.18 Å². The van der Waals surface area contributed by atoms with Gasteiger partial charge in [-0.1, -0.05) is 11.2 Å². The predicted molar refractivity (Wildman–Crippen MR) is 68.4 cm³/mol. The van der Waals surface area contributed by atoms with Crippen LogP contribution in [0.15, 0.2) is 29.0 Å². The van der Waals surface area contributed by atoms with Crippen LogP contribution in [-0.4, -0.2) is 39.8 Å². The van der Waals surface area contributed by atoms with Crippen molar-refractivity contribution in [1.29, 1.82) is 0 Å². The molecule has 2 aromatic heterocycles. The molecular weight excluding hydrogens is 285 g/mol. The fourth-order valence-corrected chi connectivity index (χ4v) is 1.80. The van der Waals surface area contributed by atoms with Crippen molar-refractivity contribution in [3.8, 4) is 0 Å². The maximum Gasteiger partial charge on any atom is 0.401 e. The summed E-state index contributed by atoms with van der Waals surface area (Å²) in [7, 11) is 1.36. The van der Waals surface area contributed by atoms with Crippen molar-refractivity contribution in [1.82, 2.24) is 20.0 Å². The molecule has 0 aliphatic heterocycles. The third kappa shape index (κ3) is 4.52. The minimum absolute atomic E-state index is 0.167. The van der Waals surface area contributed by atoms with E-state index in [1.807, 2.05) is 6.07 Å². The number of aromatic nitrogens is 3. The van der Waals surface area contributed by atoms with Gasteiger partial charge in [0.15, 0.2) is 5.82 Å². The highest BCUT2D eigenvalue weighted by atomic mass is 19.4. The first-order chi connectivity index (χ1) is 9.85. The quantitative estimate of drug-likeness (QED) is 0.849. The Morgan fingerprint density at radius 1 is 1.38 bits per heavy atom. The third-order valence-electron chi connectivity index (χ3n) is 3.02. The Balaban J connectivity index is 2.02. The van der Waals surface area contributed by atoms with Crippen LogP contribution >= 0.6 is 0 Å². The summed E-state index contributed by atoms with van der Waals surface area (Å²) in [6.07, 6.45) is -0.511. The van der Waals surface area contributed by atoms with E-state index in [0.29, 0.717) is 12.2 Å². The van der Waals surface area contributed by atoms with E-state index >= 15 is 0 Å². The molecule has 0 spiro atoms. The van der Waals surface area contributed by atoms with Gasteiger partial charge in [0.1, 0.15) is 0 Å². The van der Waals surface area contributed by atoms with E-state index in [1.54, 1.807) is 25.4 Å². The van der Waals surface area contributed by atoms with Crippen LogP contribution in [0.5, 0.6) is 0 Å². The normalized spacial score (nSPS) is 13.6. The summed E-state index contributed by atoms with van der Waals surface area (Å²) >= 11 is 0. The lowest BCUT2D eigenvalue weighted by molar-refractivity contribution is -0.147. The summed E-state index contributed by atoms with van der Waals surface area (Å²) in [5.41, 5.74) is 0.904. The van der Waals surface area contributed by atoms with Gasteiger partial charge in [-0.05, 0) is 25.6 Å². The first-order valence-corrected chi connectivity index (χ1v) is 6.33. The van der Waals surface area contributed by atoms with Crippen LogP contribution in [0.4, 0.5) is 13.2 Å². The Kier molecular flexibility index (Phi) is 4.56. The van der Waals surface area contributed by atoms with Gasteiger partial charge < -0.3 is 4.52 Å². The highest BCUT2D eigenvalue weighted by molar-refractivity contribution is 5.13. The fraction of sp³-hybridized carbons (Fsp3) is 0.462. The molecule has 1 atom stereocenters. The van der Waals surface area contributed by atoms with Crippen LogP contribution in [0.3, 0.4) is 0 Å². The van der Waals surface area contributed by atoms with Crippen LogP contribution in [0.25, 0.3) is 0 Å². The summed E-state index contributed by atoms with van der Waals surface area (Å²) in [5.74, 6) is 0.589. The maximum atomic E-state index is 12.4. The zero-order valence-electron chi connectivity index (χ0n) is 11.6. The van der Waals surface area contributed by atoms with E-state index < -0.39 is 18.8 Å². The Morgan fingerprint density at radius 2 is 2.14 bits per heavy atom. The van der Waals surface area contributed by atoms with Gasteiger partial charge in [0, 0.05) is 18.8 Å². The third-order valence-corrected chi connectivity index (χ3v) is 3.02. The Hall–Kier alpha value is -1.96. The number of alkyl halides is 3. The molecule has 5 nitrogen and oxygen atoms in total. The van der Waals surface area contributed by atoms with Gasteiger partial charge in [-0.3, -0.25) is 9.88 Å². The average Bonchev–Trinajstić information content (AvgIpc) is 2.85. The first kappa shape index (κ1) is 15.4. The summed E-state index contributed by atoms with van der Waals surface area (Å²) in [5, 5.41) is 3.79. The molecule has 0 unspecified atom stereocenters. The molecule has 0 saturated heterocycles. The van der Waals surface area contributed by atoms with Crippen molar-refractivity contribution in [2.75, 3.05) is 13.6 Å². The predicted octanol–water partition coefficient (Wildman–Crippen LogP) is 2.61. The van der Waals surface area contributed by atoms with Gasteiger partial charge in [0.2, 0.25) is 5.89 Å². The summed E-state index contributed by atoms with van der Waals surface area (Å²) in [6.45, 7) is 0.557. The first-order valence-electron chi connectivity index (χ1n) is 6.33. The molecule has 8 heteroatoms. The fourth-order valence-electron chi connectivity index (χ4n) is 1.80. The molecule has 0 bridgehead atoms. The molecule has 2 rings (SSSR count). The van der Waals surface area contributed by atoms with Crippen molar-refractivity contribution in [2.24, 2.45) is 0 Å². The minimum Gasteiger partial charge on any atom is -0.338 e. The van der Waals surface area contributed by atoms with E-state index in [9.17, 15) is 13.2 Å². The zero-order chi connectivity index (χ0) is 15.5. The van der Waals surface area contributed by atoms with E-state index in [0.717, 1.165) is 10.5 Å². The molecule has 0 aromatic carbocycles. The van der Waals surface area contributed by atoms with Gasteiger partial charge in [-0.25, -0.2) is 0 Å². The van der Waals surface area contributed by atoms with Gasteiger partial charge in [0.05, 0.1) is 12.6 Å². The number of hydrogen-bond acceptors (Lipinski definition) is 5. The van der Waals surface area contributed by atoms with Gasteiger partial charge in [-0.2, -0.15) is 18.2 Å². The van der Waals surface area contributed by atoms with Crippen LogP contribution in [0.1, 0.15) is 30.2 Å². The van der Waals surface area contributed by atoms with Crippen molar-refractivity contribution in [3.63, 3.8) is 0 Å². The van der Waals surface area contributed by atoms with E-state index in [-0.39, 0.29) is 5.89 Å². The second kappa shape index (κ2) is 6.21. The molecule has 0 aliphatic carbocycles. The molecule has 2 aromatic rings. The van der Waals surface area contributed by atoms with Crippen molar-refractivity contribution in [2.45, 2.75) is 25.6 Å². The number of hydrogen-bond donors (Lipinski definition) is 0. The van der Waals surface area contributed by atoms with Crippen LogP contribution in [-0.2, 0) is 6.42 Å². The molecule has 0 fully saturated rings. The Morgan fingerprint density at radius 3 is 2.76 bits per heavy atom. The number of rotatable bonds is 5. The lowest BCUT2D eigenvalue weighted by atomic mass is 10.2. The van der Waals surface area contributed by atoms with Crippen LogP contribution in [0.2, 0.25) is 0 Å². The highest BCUT2D eigenvalue weighted by Gasteiger charge is 2.32. The Labute approximate surface area is 119 Å².